The third-order valence-corrected chi connectivity index (χ3v) is 3.24. The zero-order valence-corrected chi connectivity index (χ0v) is 13.1. The van der Waals surface area contributed by atoms with E-state index in [2.05, 4.69) is 0 Å². The third kappa shape index (κ3) is 6.37. The van der Waals surface area contributed by atoms with Crippen LogP contribution in [0.2, 0.25) is 0 Å². The number of nitrogens with zero attached hydrogens (tertiary/aromatic N) is 1. The average Bonchev–Trinajstić information content (AvgIpc) is 2.34. The molecule has 0 radical (unpaired) electrons. The lowest BCUT2D eigenvalue weighted by Gasteiger charge is -2.32. The van der Waals surface area contributed by atoms with Crippen molar-refractivity contribution in [3.63, 3.8) is 0 Å². The van der Waals surface area contributed by atoms with E-state index in [9.17, 15) is 9.59 Å². The van der Waals surface area contributed by atoms with Gasteiger partial charge in [0.25, 0.3) is 0 Å². The average molecular weight is 285 g/mol. The monoisotopic (exact) mass is 285 g/mol. The van der Waals surface area contributed by atoms with Gasteiger partial charge in [-0.1, -0.05) is 0 Å². The van der Waals surface area contributed by atoms with Crippen LogP contribution in [0.15, 0.2) is 0 Å². The fraction of sp³-hybridized carbons (Fsp3) is 0.867. The van der Waals surface area contributed by atoms with Crippen molar-refractivity contribution in [3.05, 3.63) is 0 Å². The molecule has 5 nitrogen and oxygen atoms in total. The topological polar surface area (TPSA) is 55.8 Å². The van der Waals surface area contributed by atoms with Gasteiger partial charge in [-0.05, 0) is 39.5 Å². The molecule has 0 N–H and O–H groups in total. The lowest BCUT2D eigenvalue weighted by atomic mass is 9.98. The normalized spacial score (nSPS) is 19.8. The molecule has 1 rings (SSSR count). The van der Waals surface area contributed by atoms with Gasteiger partial charge in [0.15, 0.2) is 0 Å². The summed E-state index contributed by atoms with van der Waals surface area (Å²) in [5.74, 6) is 0.146. The molecule has 0 spiro atoms. The summed E-state index contributed by atoms with van der Waals surface area (Å²) in [7, 11) is 1.68. The molecule has 1 atom stereocenters. The maximum Gasteiger partial charge on any atom is 0.306 e. The van der Waals surface area contributed by atoms with E-state index < -0.39 is 5.60 Å². The van der Waals surface area contributed by atoms with Crippen molar-refractivity contribution in [1.82, 2.24) is 4.90 Å². The molecule has 1 amide bonds. The number of likely N-dealkylation sites (tertiary alicyclic amines) is 1. The first-order chi connectivity index (χ1) is 9.31. The zero-order valence-electron chi connectivity index (χ0n) is 13.1. The molecule has 5 heteroatoms. The zero-order chi connectivity index (χ0) is 15.2. The van der Waals surface area contributed by atoms with E-state index in [0.29, 0.717) is 12.5 Å². The molecular formula is C15H27NO4. The van der Waals surface area contributed by atoms with Gasteiger partial charge in [-0.15, -0.1) is 0 Å². The number of carbonyl (C=O) groups excluding carboxylic acids is 2. The molecule has 1 aliphatic rings. The minimum Gasteiger partial charge on any atom is -0.460 e. The molecule has 1 heterocycles. The van der Waals surface area contributed by atoms with Crippen LogP contribution in [-0.2, 0) is 19.1 Å². The summed E-state index contributed by atoms with van der Waals surface area (Å²) in [6.45, 7) is 7.69. The number of carbonyl (C=O) groups is 2. The Morgan fingerprint density at radius 3 is 2.55 bits per heavy atom. The van der Waals surface area contributed by atoms with Crippen LogP contribution < -0.4 is 0 Å². The van der Waals surface area contributed by atoms with Gasteiger partial charge in [-0.25, -0.2) is 0 Å². The summed E-state index contributed by atoms with van der Waals surface area (Å²) >= 11 is 0. The number of hydrogen-bond donors (Lipinski definition) is 0. The van der Waals surface area contributed by atoms with Crippen molar-refractivity contribution >= 4 is 11.9 Å². The highest BCUT2D eigenvalue weighted by Gasteiger charge is 2.24. The Hall–Kier alpha value is -1.10. The van der Waals surface area contributed by atoms with Crippen molar-refractivity contribution in [2.75, 3.05) is 26.8 Å². The SMILES string of the molecule is COCC1CCCN(C(=O)CCC(=O)OC(C)(C)C)C1. The maximum absolute atomic E-state index is 12.1. The second-order valence-corrected chi connectivity index (χ2v) is 6.39. The molecule has 0 aromatic heterocycles. The van der Waals surface area contributed by atoms with Gasteiger partial charge < -0.3 is 14.4 Å². The van der Waals surface area contributed by atoms with Crippen molar-refractivity contribution in [3.8, 4) is 0 Å². The molecule has 20 heavy (non-hydrogen) atoms. The molecule has 1 fully saturated rings. The molecule has 0 aromatic carbocycles. The number of piperidine rings is 1. The standard InChI is InChI=1S/C15H27NO4/c1-15(2,3)20-14(18)8-7-13(17)16-9-5-6-12(10-16)11-19-4/h12H,5-11H2,1-4H3. The summed E-state index contributed by atoms with van der Waals surface area (Å²) in [5.41, 5.74) is -0.491. The second kappa shape index (κ2) is 7.62. The molecule has 0 aromatic rings. The first-order valence-electron chi connectivity index (χ1n) is 7.30. The first kappa shape index (κ1) is 17.0. The number of hydrogen-bond acceptors (Lipinski definition) is 4. The minimum atomic E-state index is -0.491. The van der Waals surface area contributed by atoms with Gasteiger partial charge in [-0.2, -0.15) is 0 Å². The Morgan fingerprint density at radius 1 is 1.25 bits per heavy atom. The summed E-state index contributed by atoms with van der Waals surface area (Å²) in [5, 5.41) is 0. The van der Waals surface area contributed by atoms with Crippen LogP contribution in [0.25, 0.3) is 0 Å². The quantitative estimate of drug-likeness (QED) is 0.725. The van der Waals surface area contributed by atoms with E-state index in [4.69, 9.17) is 9.47 Å². The van der Waals surface area contributed by atoms with Gasteiger partial charge in [0.2, 0.25) is 5.91 Å². The molecule has 0 bridgehead atoms. The Labute approximate surface area is 121 Å². The Bertz CT molecular complexity index is 333. The van der Waals surface area contributed by atoms with Crippen LogP contribution in [0.3, 0.4) is 0 Å². The number of rotatable bonds is 5. The van der Waals surface area contributed by atoms with E-state index in [0.717, 1.165) is 25.9 Å². The molecule has 116 valence electrons. The summed E-state index contributed by atoms with van der Waals surface area (Å²) < 4.78 is 10.4. The number of ether oxygens (including phenoxy) is 2. The van der Waals surface area contributed by atoms with Crippen molar-refractivity contribution in [1.29, 1.82) is 0 Å². The van der Waals surface area contributed by atoms with Crippen molar-refractivity contribution in [2.24, 2.45) is 5.92 Å². The fourth-order valence-corrected chi connectivity index (χ4v) is 2.42. The lowest BCUT2D eigenvalue weighted by Crippen LogP contribution is -2.41. The Kier molecular flexibility index (Phi) is 6.46. The van der Waals surface area contributed by atoms with Crippen LogP contribution in [0.4, 0.5) is 0 Å². The number of methoxy groups -OCH3 is 1. The van der Waals surface area contributed by atoms with Crippen LogP contribution in [-0.4, -0.2) is 49.2 Å². The second-order valence-electron chi connectivity index (χ2n) is 6.39. The van der Waals surface area contributed by atoms with Crippen molar-refractivity contribution < 1.29 is 19.1 Å². The van der Waals surface area contributed by atoms with Gasteiger partial charge >= 0.3 is 5.97 Å². The fourth-order valence-electron chi connectivity index (χ4n) is 2.42. The van der Waals surface area contributed by atoms with E-state index in [1.165, 1.54) is 0 Å². The predicted molar refractivity (Wildman–Crippen MR) is 76.3 cm³/mol. The van der Waals surface area contributed by atoms with Gasteiger partial charge in [0.1, 0.15) is 5.60 Å². The number of esters is 1. The van der Waals surface area contributed by atoms with E-state index in [1.807, 2.05) is 25.7 Å². The highest BCUT2D eigenvalue weighted by atomic mass is 16.6. The molecule has 1 saturated heterocycles. The molecule has 1 aliphatic heterocycles. The number of amides is 1. The van der Waals surface area contributed by atoms with Crippen LogP contribution in [0.1, 0.15) is 46.5 Å². The summed E-state index contributed by atoms with van der Waals surface area (Å²) in [4.78, 5) is 25.5. The maximum atomic E-state index is 12.1. The summed E-state index contributed by atoms with van der Waals surface area (Å²) in [6.07, 6.45) is 2.49. The minimum absolute atomic E-state index is 0.0386. The molecule has 1 unspecified atom stereocenters. The van der Waals surface area contributed by atoms with Gasteiger partial charge in [0, 0.05) is 26.6 Å². The largest absolute Gasteiger partial charge is 0.460 e. The molecule has 0 aliphatic carbocycles. The summed E-state index contributed by atoms with van der Waals surface area (Å²) in [6, 6.07) is 0. The van der Waals surface area contributed by atoms with E-state index >= 15 is 0 Å². The molecular weight excluding hydrogens is 258 g/mol. The molecule has 0 saturated carbocycles. The smallest absolute Gasteiger partial charge is 0.306 e. The van der Waals surface area contributed by atoms with Gasteiger partial charge in [0.05, 0.1) is 13.0 Å². The lowest BCUT2D eigenvalue weighted by molar-refractivity contribution is -0.156. The Morgan fingerprint density at radius 2 is 1.95 bits per heavy atom. The van der Waals surface area contributed by atoms with Crippen molar-refractivity contribution in [2.45, 2.75) is 52.1 Å². The Balaban J connectivity index is 2.33. The van der Waals surface area contributed by atoms with Crippen LogP contribution >= 0.6 is 0 Å². The van der Waals surface area contributed by atoms with Crippen LogP contribution in [0, 0.1) is 5.92 Å². The van der Waals surface area contributed by atoms with E-state index in [-0.39, 0.29) is 24.7 Å². The third-order valence-electron chi connectivity index (χ3n) is 3.24. The predicted octanol–water partition coefficient (Wildman–Crippen LogP) is 1.99. The van der Waals surface area contributed by atoms with Crippen LogP contribution in [0.5, 0.6) is 0 Å². The highest BCUT2D eigenvalue weighted by Crippen LogP contribution is 2.18. The first-order valence-corrected chi connectivity index (χ1v) is 7.30. The van der Waals surface area contributed by atoms with E-state index in [1.54, 1.807) is 7.11 Å². The highest BCUT2D eigenvalue weighted by molar-refractivity contribution is 5.81. The van der Waals surface area contributed by atoms with Gasteiger partial charge in [-0.3, -0.25) is 9.59 Å².